The minimum Gasteiger partial charge on any atom is -0.394 e. The Morgan fingerprint density at radius 3 is 2.90 bits per heavy atom. The number of nitrogen functional groups attached to an aromatic ring is 1. The summed E-state index contributed by atoms with van der Waals surface area (Å²) in [5.74, 6) is 0.0615. The van der Waals surface area contributed by atoms with E-state index in [9.17, 15) is 9.50 Å². The maximum absolute atomic E-state index is 14.1. The third-order valence-electron chi connectivity index (χ3n) is 3.17. The molecule has 0 bridgehead atoms. The number of aliphatic hydroxyl groups is 2. The Kier molecular flexibility index (Phi) is 3.21. The van der Waals surface area contributed by atoms with Crippen molar-refractivity contribution in [2.75, 3.05) is 12.3 Å². The van der Waals surface area contributed by atoms with Crippen LogP contribution in [0.3, 0.4) is 0 Å². The fraction of sp³-hybridized carbons (Fsp3) is 0.500. The van der Waals surface area contributed by atoms with Crippen LogP contribution in [0.2, 0.25) is 5.28 Å². The van der Waals surface area contributed by atoms with Gasteiger partial charge in [-0.1, -0.05) is 0 Å². The van der Waals surface area contributed by atoms with Gasteiger partial charge in [-0.05, 0) is 11.6 Å². The standard InChI is InChI=1S/C10H11ClFN5O3/c11-10-15-7(13)5-8(16-10)17(2-14-5)9-4(12)6(19)3(1-18)20-9/h2-4,6,9,18-19H,1H2,(H2,13,15,16)/t3-,4-,6?,9+/m1/s1. The van der Waals surface area contributed by atoms with E-state index >= 15 is 0 Å². The van der Waals surface area contributed by atoms with Crippen molar-refractivity contribution in [2.45, 2.75) is 24.6 Å². The lowest BCUT2D eigenvalue weighted by Crippen LogP contribution is -2.30. The van der Waals surface area contributed by atoms with Gasteiger partial charge in [0.05, 0.1) is 12.9 Å². The Balaban J connectivity index is 2.07. The molecule has 0 aliphatic carbocycles. The monoisotopic (exact) mass is 303 g/mol. The second-order valence-electron chi connectivity index (χ2n) is 4.38. The molecule has 1 aliphatic rings. The average molecular weight is 304 g/mol. The molecule has 0 radical (unpaired) electrons. The van der Waals surface area contributed by atoms with Crippen LogP contribution in [0.25, 0.3) is 11.2 Å². The normalized spacial score (nSPS) is 30.2. The van der Waals surface area contributed by atoms with Gasteiger partial charge in [-0.3, -0.25) is 4.57 Å². The molecule has 2 aromatic heterocycles. The highest BCUT2D eigenvalue weighted by Gasteiger charge is 2.45. The summed E-state index contributed by atoms with van der Waals surface area (Å²) < 4.78 is 20.6. The summed E-state index contributed by atoms with van der Waals surface area (Å²) >= 11 is 5.71. The van der Waals surface area contributed by atoms with Crippen molar-refractivity contribution in [1.82, 2.24) is 19.5 Å². The second-order valence-corrected chi connectivity index (χ2v) is 4.72. The number of aliphatic hydroxyl groups excluding tert-OH is 2. The van der Waals surface area contributed by atoms with Gasteiger partial charge in [0, 0.05) is 0 Å². The first-order valence-corrected chi connectivity index (χ1v) is 6.14. The minimum atomic E-state index is -1.74. The van der Waals surface area contributed by atoms with Crippen LogP contribution < -0.4 is 5.73 Å². The van der Waals surface area contributed by atoms with E-state index in [2.05, 4.69) is 15.0 Å². The number of nitrogens with two attached hydrogens (primary N) is 1. The number of nitrogens with zero attached hydrogens (tertiary/aromatic N) is 4. The molecule has 0 amide bonds. The molecule has 4 N–H and O–H groups in total. The van der Waals surface area contributed by atoms with Crippen LogP contribution in [-0.2, 0) is 4.74 Å². The maximum atomic E-state index is 14.1. The maximum Gasteiger partial charge on any atom is 0.226 e. The minimum absolute atomic E-state index is 0.0615. The predicted molar refractivity (Wildman–Crippen MR) is 66.6 cm³/mol. The summed E-state index contributed by atoms with van der Waals surface area (Å²) in [6, 6.07) is 0. The van der Waals surface area contributed by atoms with E-state index in [1.165, 1.54) is 10.9 Å². The SMILES string of the molecule is Nc1nc(Cl)nc2c1ncn2[C@H]1O[C@H](CO)C(O)[C@H]1F. The highest BCUT2D eigenvalue weighted by atomic mass is 35.5. The molecule has 8 nitrogen and oxygen atoms in total. The molecule has 1 fully saturated rings. The van der Waals surface area contributed by atoms with Gasteiger partial charge in [0.2, 0.25) is 5.28 Å². The molecule has 0 aromatic carbocycles. The largest absolute Gasteiger partial charge is 0.394 e. The molecule has 3 heterocycles. The first kappa shape index (κ1) is 13.4. The fourth-order valence-corrected chi connectivity index (χ4v) is 2.35. The molecule has 108 valence electrons. The lowest BCUT2D eigenvalue weighted by Gasteiger charge is -2.15. The van der Waals surface area contributed by atoms with Crippen LogP contribution in [0.15, 0.2) is 6.33 Å². The number of alkyl halides is 1. The van der Waals surface area contributed by atoms with E-state index in [0.717, 1.165) is 0 Å². The third-order valence-corrected chi connectivity index (χ3v) is 3.34. The molecule has 1 saturated heterocycles. The third kappa shape index (κ3) is 1.90. The number of aromatic nitrogens is 4. The van der Waals surface area contributed by atoms with Crippen LogP contribution in [0, 0.1) is 0 Å². The number of rotatable bonds is 2. The van der Waals surface area contributed by atoms with Gasteiger partial charge >= 0.3 is 0 Å². The topological polar surface area (TPSA) is 119 Å². The fourth-order valence-electron chi connectivity index (χ4n) is 2.18. The van der Waals surface area contributed by atoms with Crippen LogP contribution in [0.1, 0.15) is 6.23 Å². The molecule has 20 heavy (non-hydrogen) atoms. The van der Waals surface area contributed by atoms with Crippen molar-refractivity contribution in [3.8, 4) is 0 Å². The Morgan fingerprint density at radius 2 is 2.25 bits per heavy atom. The molecular weight excluding hydrogens is 293 g/mol. The van der Waals surface area contributed by atoms with E-state index in [1.54, 1.807) is 0 Å². The van der Waals surface area contributed by atoms with Crippen molar-refractivity contribution >= 4 is 28.6 Å². The molecule has 10 heteroatoms. The Morgan fingerprint density at radius 1 is 1.50 bits per heavy atom. The molecule has 4 atom stereocenters. The molecule has 2 aromatic rings. The highest BCUT2D eigenvalue weighted by Crippen LogP contribution is 2.34. The van der Waals surface area contributed by atoms with Crippen molar-refractivity contribution in [1.29, 1.82) is 0 Å². The quantitative estimate of drug-likeness (QED) is 0.649. The van der Waals surface area contributed by atoms with Gasteiger partial charge in [-0.15, -0.1) is 0 Å². The number of imidazole rings is 1. The Labute approximate surface area is 117 Å². The zero-order chi connectivity index (χ0) is 14.4. The van der Waals surface area contributed by atoms with E-state index in [4.69, 9.17) is 27.2 Å². The van der Waals surface area contributed by atoms with E-state index in [1.807, 2.05) is 0 Å². The van der Waals surface area contributed by atoms with E-state index in [-0.39, 0.29) is 22.3 Å². The molecule has 1 aliphatic heterocycles. The van der Waals surface area contributed by atoms with Crippen molar-refractivity contribution in [3.63, 3.8) is 0 Å². The van der Waals surface area contributed by atoms with Crippen LogP contribution >= 0.6 is 11.6 Å². The van der Waals surface area contributed by atoms with E-state index < -0.39 is 31.2 Å². The Hall–Kier alpha value is -1.55. The number of fused-ring (bicyclic) bond motifs is 1. The van der Waals surface area contributed by atoms with Crippen molar-refractivity contribution in [2.24, 2.45) is 0 Å². The van der Waals surface area contributed by atoms with Gasteiger partial charge in [-0.2, -0.15) is 9.97 Å². The van der Waals surface area contributed by atoms with Gasteiger partial charge in [0.25, 0.3) is 0 Å². The summed E-state index contributed by atoms with van der Waals surface area (Å²) in [4.78, 5) is 11.7. The first-order chi connectivity index (χ1) is 9.52. The Bertz CT molecular complexity index is 653. The summed E-state index contributed by atoms with van der Waals surface area (Å²) in [7, 11) is 0. The van der Waals surface area contributed by atoms with Crippen LogP contribution in [-0.4, -0.2) is 54.7 Å². The molecule has 0 saturated carbocycles. The zero-order valence-electron chi connectivity index (χ0n) is 10.0. The lowest BCUT2D eigenvalue weighted by molar-refractivity contribution is -0.0459. The van der Waals surface area contributed by atoms with Crippen LogP contribution in [0.5, 0.6) is 0 Å². The average Bonchev–Trinajstić information content (AvgIpc) is 2.93. The van der Waals surface area contributed by atoms with Gasteiger partial charge < -0.3 is 20.7 Å². The second kappa shape index (κ2) is 4.77. The summed E-state index contributed by atoms with van der Waals surface area (Å²) in [6.07, 6.45) is -4.08. The summed E-state index contributed by atoms with van der Waals surface area (Å²) in [5.41, 5.74) is 6.10. The smallest absolute Gasteiger partial charge is 0.226 e. The zero-order valence-corrected chi connectivity index (χ0v) is 10.8. The van der Waals surface area contributed by atoms with Gasteiger partial charge in [0.1, 0.15) is 17.7 Å². The first-order valence-electron chi connectivity index (χ1n) is 5.77. The molecule has 1 unspecified atom stereocenters. The van der Waals surface area contributed by atoms with Crippen LogP contribution in [0.4, 0.5) is 10.2 Å². The molecule has 0 spiro atoms. The summed E-state index contributed by atoms with van der Waals surface area (Å²) in [6.45, 7) is -0.497. The van der Waals surface area contributed by atoms with Gasteiger partial charge in [0.15, 0.2) is 23.9 Å². The van der Waals surface area contributed by atoms with Gasteiger partial charge in [-0.25, -0.2) is 9.37 Å². The molecular formula is C10H11ClFN5O3. The summed E-state index contributed by atoms with van der Waals surface area (Å²) in [5, 5.41) is 18.6. The molecule has 3 rings (SSSR count). The van der Waals surface area contributed by atoms with Crippen molar-refractivity contribution in [3.05, 3.63) is 11.6 Å². The number of hydrogen-bond donors (Lipinski definition) is 3. The van der Waals surface area contributed by atoms with Crippen molar-refractivity contribution < 1.29 is 19.3 Å². The number of anilines is 1. The number of ether oxygens (including phenoxy) is 1. The number of hydrogen-bond acceptors (Lipinski definition) is 7. The number of halogens is 2. The highest BCUT2D eigenvalue weighted by molar-refractivity contribution is 6.28. The lowest BCUT2D eigenvalue weighted by atomic mass is 10.1. The van der Waals surface area contributed by atoms with E-state index in [0.29, 0.717) is 0 Å². The predicted octanol–water partition coefficient (Wildman–Crippen LogP) is -0.349.